The van der Waals surface area contributed by atoms with Crippen molar-refractivity contribution >= 4 is 11.6 Å². The summed E-state index contributed by atoms with van der Waals surface area (Å²) in [5.74, 6) is 1.44. The summed E-state index contributed by atoms with van der Waals surface area (Å²) in [7, 11) is 0. The molecule has 0 spiro atoms. The number of halogens is 1. The molecule has 3 aromatic rings. The number of hydrogen-bond donors (Lipinski definition) is 1. The topological polar surface area (TPSA) is 41.6 Å². The summed E-state index contributed by atoms with van der Waals surface area (Å²) in [4.78, 5) is 4.47. The van der Waals surface area contributed by atoms with E-state index in [0.717, 1.165) is 17.0 Å². The average Bonchev–Trinajstić information content (AvgIpc) is 2.90. The number of nitrogens with one attached hydrogen (secondary N) is 1. The third-order valence-electron chi connectivity index (χ3n) is 2.64. The standard InChI is InChI=1S/C14H10ClN3/c15-12-8-6-11(7-9-12)14-16-13(17-18-14)10-4-2-1-3-5-10/h1-9H,(H,16,17,18). The Bertz CT molecular complexity index is 644. The molecule has 0 saturated carbocycles. The van der Waals surface area contributed by atoms with E-state index in [1.165, 1.54) is 0 Å². The van der Waals surface area contributed by atoms with Crippen molar-refractivity contribution in [3.8, 4) is 22.8 Å². The fourth-order valence-electron chi connectivity index (χ4n) is 1.71. The lowest BCUT2D eigenvalue weighted by atomic mass is 10.2. The lowest BCUT2D eigenvalue weighted by Gasteiger charge is -1.95. The van der Waals surface area contributed by atoms with Gasteiger partial charge in [-0.05, 0) is 24.3 Å². The first-order valence-corrected chi connectivity index (χ1v) is 5.94. The molecule has 0 aliphatic rings. The van der Waals surface area contributed by atoms with Crippen LogP contribution >= 0.6 is 11.6 Å². The minimum atomic E-state index is 0.695. The van der Waals surface area contributed by atoms with Crippen LogP contribution in [-0.4, -0.2) is 15.2 Å². The molecular weight excluding hydrogens is 246 g/mol. The monoisotopic (exact) mass is 255 g/mol. The largest absolute Gasteiger partial charge is 0.259 e. The van der Waals surface area contributed by atoms with Gasteiger partial charge in [-0.25, -0.2) is 4.98 Å². The highest BCUT2D eigenvalue weighted by Crippen LogP contribution is 2.21. The van der Waals surface area contributed by atoms with Crippen LogP contribution in [0.4, 0.5) is 0 Å². The Morgan fingerprint density at radius 3 is 2.28 bits per heavy atom. The highest BCUT2D eigenvalue weighted by molar-refractivity contribution is 6.30. The van der Waals surface area contributed by atoms with E-state index in [4.69, 9.17) is 11.6 Å². The molecule has 1 heterocycles. The Balaban J connectivity index is 1.97. The van der Waals surface area contributed by atoms with Gasteiger partial charge in [0.15, 0.2) is 11.6 Å². The van der Waals surface area contributed by atoms with Gasteiger partial charge in [-0.15, -0.1) is 0 Å². The molecule has 88 valence electrons. The van der Waals surface area contributed by atoms with E-state index in [2.05, 4.69) is 15.2 Å². The van der Waals surface area contributed by atoms with Crippen LogP contribution in [0.5, 0.6) is 0 Å². The zero-order valence-corrected chi connectivity index (χ0v) is 10.2. The molecule has 2 aromatic carbocycles. The quantitative estimate of drug-likeness (QED) is 0.757. The van der Waals surface area contributed by atoms with Gasteiger partial charge in [0.05, 0.1) is 0 Å². The maximum Gasteiger partial charge on any atom is 0.181 e. The van der Waals surface area contributed by atoms with E-state index in [1.54, 1.807) is 0 Å². The fraction of sp³-hybridized carbons (Fsp3) is 0. The van der Waals surface area contributed by atoms with E-state index in [1.807, 2.05) is 54.6 Å². The molecule has 0 saturated heterocycles. The molecule has 0 amide bonds. The lowest BCUT2D eigenvalue weighted by molar-refractivity contribution is 1.10. The third kappa shape index (κ3) is 2.13. The van der Waals surface area contributed by atoms with Crippen molar-refractivity contribution in [2.45, 2.75) is 0 Å². The Morgan fingerprint density at radius 1 is 0.833 bits per heavy atom. The van der Waals surface area contributed by atoms with Crippen LogP contribution < -0.4 is 0 Å². The molecule has 0 bridgehead atoms. The van der Waals surface area contributed by atoms with Crippen LogP contribution in [-0.2, 0) is 0 Å². The molecule has 1 aromatic heterocycles. The van der Waals surface area contributed by atoms with Crippen molar-refractivity contribution in [1.29, 1.82) is 0 Å². The first kappa shape index (κ1) is 11.0. The number of benzene rings is 2. The summed E-state index contributed by atoms with van der Waals surface area (Å²) in [6.07, 6.45) is 0. The van der Waals surface area contributed by atoms with Crippen LogP contribution in [0.2, 0.25) is 5.02 Å². The predicted octanol–water partition coefficient (Wildman–Crippen LogP) is 3.79. The molecule has 0 aliphatic carbocycles. The van der Waals surface area contributed by atoms with Crippen LogP contribution in [0.3, 0.4) is 0 Å². The molecule has 1 N–H and O–H groups in total. The summed E-state index contributed by atoms with van der Waals surface area (Å²) in [6, 6.07) is 17.4. The highest BCUT2D eigenvalue weighted by atomic mass is 35.5. The summed E-state index contributed by atoms with van der Waals surface area (Å²) in [6.45, 7) is 0. The van der Waals surface area contributed by atoms with Gasteiger partial charge in [-0.2, -0.15) is 5.10 Å². The normalized spacial score (nSPS) is 10.5. The number of rotatable bonds is 2. The Kier molecular flexibility index (Phi) is 2.82. The number of aromatic amines is 1. The zero-order chi connectivity index (χ0) is 12.4. The average molecular weight is 256 g/mol. The second kappa shape index (κ2) is 4.63. The molecule has 0 unspecified atom stereocenters. The van der Waals surface area contributed by atoms with E-state index in [-0.39, 0.29) is 0 Å². The predicted molar refractivity (Wildman–Crippen MR) is 72.3 cm³/mol. The Hall–Kier alpha value is -2.13. The summed E-state index contributed by atoms with van der Waals surface area (Å²) >= 11 is 5.85. The van der Waals surface area contributed by atoms with Crippen molar-refractivity contribution in [3.63, 3.8) is 0 Å². The van der Waals surface area contributed by atoms with E-state index in [0.29, 0.717) is 10.8 Å². The zero-order valence-electron chi connectivity index (χ0n) is 9.47. The van der Waals surface area contributed by atoms with Gasteiger partial charge in [0, 0.05) is 16.1 Å². The van der Waals surface area contributed by atoms with Crippen molar-refractivity contribution < 1.29 is 0 Å². The summed E-state index contributed by atoms with van der Waals surface area (Å²) < 4.78 is 0. The minimum Gasteiger partial charge on any atom is -0.259 e. The SMILES string of the molecule is Clc1ccc(-c2nc(-c3ccccc3)n[nH]2)cc1. The van der Waals surface area contributed by atoms with Gasteiger partial charge in [-0.3, -0.25) is 5.10 Å². The first-order chi connectivity index (χ1) is 8.83. The van der Waals surface area contributed by atoms with Crippen LogP contribution in [0.25, 0.3) is 22.8 Å². The molecule has 0 aliphatic heterocycles. The fourth-order valence-corrected chi connectivity index (χ4v) is 1.84. The van der Waals surface area contributed by atoms with Crippen molar-refractivity contribution in [1.82, 2.24) is 15.2 Å². The van der Waals surface area contributed by atoms with E-state index < -0.39 is 0 Å². The Labute approximate surface area is 109 Å². The van der Waals surface area contributed by atoms with Gasteiger partial charge in [0.2, 0.25) is 0 Å². The minimum absolute atomic E-state index is 0.695. The smallest absolute Gasteiger partial charge is 0.181 e. The second-order valence-electron chi connectivity index (χ2n) is 3.88. The number of H-pyrrole nitrogens is 1. The molecule has 4 heteroatoms. The van der Waals surface area contributed by atoms with Gasteiger partial charge in [0.25, 0.3) is 0 Å². The maximum absolute atomic E-state index is 5.85. The molecule has 0 radical (unpaired) electrons. The van der Waals surface area contributed by atoms with Gasteiger partial charge in [0.1, 0.15) is 0 Å². The van der Waals surface area contributed by atoms with Crippen molar-refractivity contribution in [2.24, 2.45) is 0 Å². The van der Waals surface area contributed by atoms with Crippen molar-refractivity contribution in [3.05, 3.63) is 59.6 Å². The molecule has 0 fully saturated rings. The molecule has 0 atom stereocenters. The van der Waals surface area contributed by atoms with E-state index >= 15 is 0 Å². The molecule has 18 heavy (non-hydrogen) atoms. The maximum atomic E-state index is 5.85. The van der Waals surface area contributed by atoms with Gasteiger partial charge < -0.3 is 0 Å². The molecular formula is C14H10ClN3. The number of nitrogens with zero attached hydrogens (tertiary/aromatic N) is 2. The van der Waals surface area contributed by atoms with Crippen LogP contribution in [0.15, 0.2) is 54.6 Å². The third-order valence-corrected chi connectivity index (χ3v) is 2.89. The van der Waals surface area contributed by atoms with E-state index in [9.17, 15) is 0 Å². The molecule has 3 rings (SSSR count). The van der Waals surface area contributed by atoms with Crippen LogP contribution in [0, 0.1) is 0 Å². The highest BCUT2D eigenvalue weighted by Gasteiger charge is 2.06. The number of hydrogen-bond acceptors (Lipinski definition) is 2. The van der Waals surface area contributed by atoms with Crippen LogP contribution in [0.1, 0.15) is 0 Å². The number of aromatic nitrogens is 3. The summed E-state index contributed by atoms with van der Waals surface area (Å²) in [5.41, 5.74) is 1.96. The Morgan fingerprint density at radius 2 is 1.56 bits per heavy atom. The van der Waals surface area contributed by atoms with Crippen molar-refractivity contribution in [2.75, 3.05) is 0 Å². The van der Waals surface area contributed by atoms with Gasteiger partial charge >= 0.3 is 0 Å². The molecule has 3 nitrogen and oxygen atoms in total. The summed E-state index contributed by atoms with van der Waals surface area (Å²) in [5, 5.41) is 7.86. The second-order valence-corrected chi connectivity index (χ2v) is 4.32. The first-order valence-electron chi connectivity index (χ1n) is 5.57. The van der Waals surface area contributed by atoms with Gasteiger partial charge in [-0.1, -0.05) is 41.9 Å². The lowest BCUT2D eigenvalue weighted by Crippen LogP contribution is -1.80.